The van der Waals surface area contributed by atoms with Crippen LogP contribution in [0.25, 0.3) is 50.4 Å². The van der Waals surface area contributed by atoms with E-state index in [-0.39, 0.29) is 0 Å². The van der Waals surface area contributed by atoms with E-state index in [1.165, 1.54) is 21.8 Å². The molecule has 4 aromatic carbocycles. The molecule has 2 heterocycles. The van der Waals surface area contributed by atoms with E-state index in [4.69, 9.17) is 4.42 Å². The van der Waals surface area contributed by atoms with E-state index in [1.54, 1.807) is 0 Å². The zero-order valence-corrected chi connectivity index (χ0v) is 22.1. The van der Waals surface area contributed by atoms with Crippen LogP contribution >= 0.6 is 0 Å². The molecule has 0 aliphatic heterocycles. The third kappa shape index (κ3) is 5.23. The Hall–Kier alpha value is -4.18. The molecule has 0 radical (unpaired) electrons. The monoisotopic (exact) mass is 477 g/mol. The van der Waals surface area contributed by atoms with Gasteiger partial charge in [-0.15, -0.1) is 10.2 Å². The Morgan fingerprint density at radius 3 is 1.39 bits per heavy atom. The van der Waals surface area contributed by atoms with E-state index in [2.05, 4.69) is 75.4 Å². The normalized spacial score (nSPS) is 9.94. The molecule has 0 bridgehead atoms. The highest BCUT2D eigenvalue weighted by Crippen LogP contribution is 2.32. The Labute approximate surface area is 214 Å². The van der Waals surface area contributed by atoms with Crippen molar-refractivity contribution in [1.82, 2.24) is 14.8 Å². The molecule has 0 fully saturated rings. The SMILES string of the molecule is CC.CC.CC.c1ccc(-c2nnc(-c3ccc(-n4c5ccccc5c5ccccc54)cc3)o2)cc1. The van der Waals surface area contributed by atoms with E-state index >= 15 is 0 Å². The first-order valence-electron chi connectivity index (χ1n) is 12.9. The molecule has 0 amide bonds. The van der Waals surface area contributed by atoms with Gasteiger partial charge < -0.3 is 8.98 Å². The van der Waals surface area contributed by atoms with Crippen molar-refractivity contribution in [3.63, 3.8) is 0 Å². The van der Waals surface area contributed by atoms with Crippen molar-refractivity contribution in [2.45, 2.75) is 41.5 Å². The second kappa shape index (κ2) is 13.1. The summed E-state index contributed by atoms with van der Waals surface area (Å²) in [5.74, 6) is 1.04. The molecular weight excluding hydrogens is 442 g/mol. The van der Waals surface area contributed by atoms with Crippen LogP contribution in [0.2, 0.25) is 0 Å². The van der Waals surface area contributed by atoms with Crippen molar-refractivity contribution in [2.24, 2.45) is 0 Å². The molecule has 2 aromatic heterocycles. The van der Waals surface area contributed by atoms with Gasteiger partial charge in [-0.05, 0) is 48.5 Å². The maximum absolute atomic E-state index is 5.90. The van der Waals surface area contributed by atoms with E-state index in [0.717, 1.165) is 16.8 Å². The number of benzene rings is 4. The second-order valence-corrected chi connectivity index (χ2v) is 7.19. The Kier molecular flexibility index (Phi) is 9.58. The summed E-state index contributed by atoms with van der Waals surface area (Å²) in [6.45, 7) is 12.0. The van der Waals surface area contributed by atoms with Crippen LogP contribution < -0.4 is 0 Å². The van der Waals surface area contributed by atoms with Gasteiger partial charge in [0.25, 0.3) is 0 Å². The van der Waals surface area contributed by atoms with Crippen LogP contribution in [-0.2, 0) is 0 Å². The van der Waals surface area contributed by atoms with Crippen molar-refractivity contribution >= 4 is 21.8 Å². The Bertz CT molecular complexity index is 1430. The summed E-state index contributed by atoms with van der Waals surface area (Å²) >= 11 is 0. The zero-order valence-electron chi connectivity index (χ0n) is 22.1. The molecule has 0 unspecified atom stereocenters. The fourth-order valence-corrected chi connectivity index (χ4v) is 3.99. The van der Waals surface area contributed by atoms with E-state index < -0.39 is 0 Å². The van der Waals surface area contributed by atoms with Crippen molar-refractivity contribution in [2.75, 3.05) is 0 Å². The summed E-state index contributed by atoms with van der Waals surface area (Å²) in [5.41, 5.74) is 5.29. The van der Waals surface area contributed by atoms with Crippen molar-refractivity contribution in [3.8, 4) is 28.6 Å². The van der Waals surface area contributed by atoms with Gasteiger partial charge in [0.2, 0.25) is 11.8 Å². The quantitative estimate of drug-likeness (QED) is 0.255. The largest absolute Gasteiger partial charge is 0.416 e. The Balaban J connectivity index is 0.000000563. The first-order chi connectivity index (χ1) is 17.9. The summed E-state index contributed by atoms with van der Waals surface area (Å²) in [7, 11) is 0. The molecule has 0 spiro atoms. The molecule has 0 aliphatic rings. The number of rotatable bonds is 3. The predicted molar refractivity (Wildman–Crippen MR) is 154 cm³/mol. The lowest BCUT2D eigenvalue weighted by Gasteiger charge is -2.08. The average molecular weight is 478 g/mol. The van der Waals surface area contributed by atoms with Crippen molar-refractivity contribution in [1.29, 1.82) is 0 Å². The zero-order chi connectivity index (χ0) is 25.9. The molecular formula is C32H35N3O. The first-order valence-corrected chi connectivity index (χ1v) is 12.9. The number of fused-ring (bicyclic) bond motifs is 3. The van der Waals surface area contributed by atoms with Crippen molar-refractivity contribution in [3.05, 3.63) is 103 Å². The van der Waals surface area contributed by atoms with Crippen LogP contribution in [0.4, 0.5) is 0 Å². The third-order valence-corrected chi connectivity index (χ3v) is 5.40. The van der Waals surface area contributed by atoms with Crippen LogP contribution in [-0.4, -0.2) is 14.8 Å². The third-order valence-electron chi connectivity index (χ3n) is 5.40. The second-order valence-electron chi connectivity index (χ2n) is 7.19. The molecule has 36 heavy (non-hydrogen) atoms. The molecule has 0 saturated heterocycles. The van der Waals surface area contributed by atoms with Gasteiger partial charge in [-0.1, -0.05) is 96.1 Å². The van der Waals surface area contributed by atoms with Gasteiger partial charge in [-0.2, -0.15) is 0 Å². The van der Waals surface area contributed by atoms with Gasteiger partial charge in [-0.25, -0.2) is 0 Å². The summed E-state index contributed by atoms with van der Waals surface area (Å²) in [6, 6.07) is 35.1. The number of hydrogen-bond donors (Lipinski definition) is 0. The van der Waals surface area contributed by atoms with Gasteiger partial charge in [0, 0.05) is 27.6 Å². The van der Waals surface area contributed by atoms with Gasteiger partial charge in [0.1, 0.15) is 0 Å². The van der Waals surface area contributed by atoms with Gasteiger partial charge in [0.15, 0.2) is 0 Å². The molecule has 0 aliphatic carbocycles. The highest BCUT2D eigenvalue weighted by molar-refractivity contribution is 6.09. The van der Waals surface area contributed by atoms with Crippen LogP contribution in [0.1, 0.15) is 41.5 Å². The van der Waals surface area contributed by atoms with E-state index in [0.29, 0.717) is 11.8 Å². The minimum atomic E-state index is 0.516. The lowest BCUT2D eigenvalue weighted by atomic mass is 10.2. The molecule has 6 rings (SSSR count). The van der Waals surface area contributed by atoms with Crippen molar-refractivity contribution < 1.29 is 4.42 Å². The maximum atomic E-state index is 5.90. The fourth-order valence-electron chi connectivity index (χ4n) is 3.99. The number of para-hydroxylation sites is 2. The highest BCUT2D eigenvalue weighted by atomic mass is 16.4. The smallest absolute Gasteiger partial charge is 0.248 e. The van der Waals surface area contributed by atoms with Crippen LogP contribution in [0.3, 0.4) is 0 Å². The number of aromatic nitrogens is 3. The Morgan fingerprint density at radius 2 is 0.889 bits per heavy atom. The fraction of sp³-hybridized carbons (Fsp3) is 0.188. The molecule has 4 heteroatoms. The standard InChI is InChI=1S/C26H17N3O.3C2H6/c1-2-8-18(9-3-1)25-27-28-26(30-25)19-14-16-20(17-15-19)29-23-12-6-4-10-21(23)22-11-5-7-13-24(22)29;3*1-2/h1-17H;3*1-2H3. The van der Waals surface area contributed by atoms with Crippen LogP contribution in [0.5, 0.6) is 0 Å². The summed E-state index contributed by atoms with van der Waals surface area (Å²) in [4.78, 5) is 0. The lowest BCUT2D eigenvalue weighted by Crippen LogP contribution is -1.93. The van der Waals surface area contributed by atoms with Gasteiger partial charge >= 0.3 is 0 Å². The first kappa shape index (κ1) is 26.4. The number of nitrogens with zero attached hydrogens (tertiary/aromatic N) is 3. The summed E-state index contributed by atoms with van der Waals surface area (Å²) in [6.07, 6.45) is 0. The molecule has 184 valence electrons. The van der Waals surface area contributed by atoms with Crippen LogP contribution in [0.15, 0.2) is 108 Å². The van der Waals surface area contributed by atoms with Gasteiger partial charge in [-0.3, -0.25) is 0 Å². The summed E-state index contributed by atoms with van der Waals surface area (Å²) < 4.78 is 8.19. The maximum Gasteiger partial charge on any atom is 0.248 e. The van der Waals surface area contributed by atoms with Crippen LogP contribution in [0, 0.1) is 0 Å². The van der Waals surface area contributed by atoms with E-state index in [1.807, 2.05) is 84.0 Å². The van der Waals surface area contributed by atoms with E-state index in [9.17, 15) is 0 Å². The average Bonchev–Trinajstić information content (AvgIpc) is 3.61. The minimum Gasteiger partial charge on any atom is -0.416 e. The predicted octanol–water partition coefficient (Wildman–Crippen LogP) is 9.58. The molecule has 0 atom stereocenters. The molecule has 0 N–H and O–H groups in total. The Morgan fingerprint density at radius 1 is 0.472 bits per heavy atom. The molecule has 4 nitrogen and oxygen atoms in total. The molecule has 0 saturated carbocycles. The topological polar surface area (TPSA) is 43.9 Å². The van der Waals surface area contributed by atoms with Gasteiger partial charge in [0.05, 0.1) is 11.0 Å². The minimum absolute atomic E-state index is 0.516. The number of hydrogen-bond acceptors (Lipinski definition) is 3. The molecule has 6 aromatic rings. The lowest BCUT2D eigenvalue weighted by molar-refractivity contribution is 0.584. The summed E-state index contributed by atoms with van der Waals surface area (Å²) in [5, 5.41) is 10.9. The highest BCUT2D eigenvalue weighted by Gasteiger charge is 2.13.